The molecular weight excluding hydrogens is 188 g/mol. The van der Waals surface area contributed by atoms with Gasteiger partial charge in [0.05, 0.1) is 18.3 Å². The van der Waals surface area contributed by atoms with E-state index in [0.29, 0.717) is 5.15 Å². The minimum atomic E-state index is -0.00924. The molecule has 0 fully saturated rings. The van der Waals surface area contributed by atoms with Gasteiger partial charge in [-0.25, -0.2) is 4.52 Å². The summed E-state index contributed by atoms with van der Waals surface area (Å²) < 4.78 is 1.63. The highest BCUT2D eigenvalue weighted by atomic mass is 35.5. The molecule has 3 nitrogen and oxygen atoms in total. The summed E-state index contributed by atoms with van der Waals surface area (Å²) in [6, 6.07) is 3.70. The van der Waals surface area contributed by atoms with Crippen LogP contribution in [0.2, 0.25) is 5.15 Å². The second-order valence-corrected chi connectivity index (χ2v) is 3.31. The molecule has 0 aliphatic rings. The van der Waals surface area contributed by atoms with Crippen molar-refractivity contribution in [2.24, 2.45) is 0 Å². The molecule has 0 atom stereocenters. The number of fused-ring (bicyclic) bond motifs is 1. The molecule has 0 saturated heterocycles. The molecule has 0 bridgehead atoms. The molecule has 0 aliphatic heterocycles. The zero-order valence-electron chi connectivity index (χ0n) is 7.16. The van der Waals surface area contributed by atoms with Crippen LogP contribution in [0.4, 0.5) is 0 Å². The number of aliphatic hydroxyl groups is 1. The van der Waals surface area contributed by atoms with Gasteiger partial charge in [-0.2, -0.15) is 5.10 Å². The number of hydrogen-bond donors (Lipinski definition) is 1. The summed E-state index contributed by atoms with van der Waals surface area (Å²) in [5, 5.41) is 13.7. The molecule has 1 N–H and O–H groups in total. The second-order valence-electron chi connectivity index (χ2n) is 2.93. The SMILES string of the molecule is Cc1ccc(Cl)n2ncc(CO)c12. The van der Waals surface area contributed by atoms with E-state index in [1.807, 2.05) is 13.0 Å². The number of rotatable bonds is 1. The molecule has 0 aromatic carbocycles. The smallest absolute Gasteiger partial charge is 0.131 e. The Balaban J connectivity index is 2.87. The van der Waals surface area contributed by atoms with Gasteiger partial charge >= 0.3 is 0 Å². The first-order valence-electron chi connectivity index (χ1n) is 3.96. The summed E-state index contributed by atoms with van der Waals surface area (Å²) >= 11 is 5.92. The highest BCUT2D eigenvalue weighted by molar-refractivity contribution is 6.29. The standard InChI is InChI=1S/C9H9ClN2O/c1-6-2-3-8(10)12-9(6)7(5-13)4-11-12/h2-4,13H,5H2,1H3. The number of halogens is 1. The van der Waals surface area contributed by atoms with Gasteiger partial charge in [0.2, 0.25) is 0 Å². The summed E-state index contributed by atoms with van der Waals surface area (Å²) in [6.07, 6.45) is 1.63. The van der Waals surface area contributed by atoms with E-state index in [0.717, 1.165) is 16.6 Å². The summed E-state index contributed by atoms with van der Waals surface area (Å²) in [4.78, 5) is 0. The van der Waals surface area contributed by atoms with Gasteiger partial charge in [0.25, 0.3) is 0 Å². The fourth-order valence-corrected chi connectivity index (χ4v) is 1.61. The predicted molar refractivity (Wildman–Crippen MR) is 50.9 cm³/mol. The van der Waals surface area contributed by atoms with E-state index >= 15 is 0 Å². The van der Waals surface area contributed by atoms with Gasteiger partial charge in [-0.1, -0.05) is 17.7 Å². The molecule has 0 unspecified atom stereocenters. The summed E-state index contributed by atoms with van der Waals surface area (Å²) in [5.74, 6) is 0. The van der Waals surface area contributed by atoms with Crippen molar-refractivity contribution < 1.29 is 5.11 Å². The van der Waals surface area contributed by atoms with Gasteiger partial charge in [-0.3, -0.25) is 0 Å². The molecule has 0 saturated carbocycles. The van der Waals surface area contributed by atoms with Gasteiger partial charge in [-0.05, 0) is 18.6 Å². The summed E-state index contributed by atoms with van der Waals surface area (Å²) in [7, 11) is 0. The Morgan fingerprint density at radius 3 is 3.00 bits per heavy atom. The van der Waals surface area contributed by atoms with Crippen LogP contribution < -0.4 is 0 Å². The van der Waals surface area contributed by atoms with Crippen molar-refractivity contribution in [1.29, 1.82) is 0 Å². The Hall–Kier alpha value is -1.06. The fourth-order valence-electron chi connectivity index (χ4n) is 1.42. The Labute approximate surface area is 80.6 Å². The number of aryl methyl sites for hydroxylation is 1. The van der Waals surface area contributed by atoms with Crippen LogP contribution in [0.3, 0.4) is 0 Å². The molecule has 2 aromatic heterocycles. The lowest BCUT2D eigenvalue weighted by Gasteiger charge is -2.01. The van der Waals surface area contributed by atoms with Crippen molar-refractivity contribution in [2.75, 3.05) is 0 Å². The molecule has 0 aliphatic carbocycles. The van der Waals surface area contributed by atoms with E-state index in [9.17, 15) is 0 Å². The number of pyridine rings is 1. The Morgan fingerprint density at radius 1 is 1.54 bits per heavy atom. The third-order valence-electron chi connectivity index (χ3n) is 2.06. The van der Waals surface area contributed by atoms with Crippen molar-refractivity contribution in [3.63, 3.8) is 0 Å². The minimum absolute atomic E-state index is 0.00924. The van der Waals surface area contributed by atoms with E-state index < -0.39 is 0 Å². The lowest BCUT2D eigenvalue weighted by atomic mass is 10.2. The molecule has 2 rings (SSSR count). The van der Waals surface area contributed by atoms with Crippen molar-refractivity contribution >= 4 is 17.1 Å². The maximum absolute atomic E-state index is 9.04. The third kappa shape index (κ3) is 1.20. The zero-order chi connectivity index (χ0) is 9.42. The van der Waals surface area contributed by atoms with E-state index in [4.69, 9.17) is 16.7 Å². The normalized spacial score (nSPS) is 11.0. The van der Waals surface area contributed by atoms with Gasteiger partial charge in [0.15, 0.2) is 0 Å². The lowest BCUT2D eigenvalue weighted by molar-refractivity contribution is 0.283. The van der Waals surface area contributed by atoms with Gasteiger partial charge in [-0.15, -0.1) is 0 Å². The van der Waals surface area contributed by atoms with Gasteiger partial charge in [0, 0.05) is 5.56 Å². The Kier molecular flexibility index (Phi) is 1.98. The first kappa shape index (κ1) is 8.53. The largest absolute Gasteiger partial charge is 0.392 e. The summed E-state index contributed by atoms with van der Waals surface area (Å²) in [5.41, 5.74) is 2.76. The monoisotopic (exact) mass is 196 g/mol. The van der Waals surface area contributed by atoms with Crippen LogP contribution in [0.1, 0.15) is 11.1 Å². The van der Waals surface area contributed by atoms with Crippen LogP contribution >= 0.6 is 11.6 Å². The molecule has 4 heteroatoms. The number of aromatic nitrogens is 2. The van der Waals surface area contributed by atoms with Crippen LogP contribution in [0.5, 0.6) is 0 Å². The summed E-state index contributed by atoms with van der Waals surface area (Å²) in [6.45, 7) is 1.96. The molecule has 68 valence electrons. The van der Waals surface area contributed by atoms with Crippen LogP contribution in [-0.2, 0) is 6.61 Å². The molecule has 0 amide bonds. The molecule has 0 spiro atoms. The predicted octanol–water partition coefficient (Wildman–Crippen LogP) is 1.79. The first-order chi connectivity index (χ1) is 6.24. The number of aliphatic hydroxyl groups excluding tert-OH is 1. The fraction of sp³-hybridized carbons (Fsp3) is 0.222. The maximum Gasteiger partial charge on any atom is 0.131 e. The third-order valence-corrected chi connectivity index (χ3v) is 2.35. The highest BCUT2D eigenvalue weighted by Crippen LogP contribution is 2.19. The van der Waals surface area contributed by atoms with Crippen molar-refractivity contribution in [3.8, 4) is 0 Å². The van der Waals surface area contributed by atoms with Crippen LogP contribution in [0.25, 0.3) is 5.52 Å². The van der Waals surface area contributed by atoms with E-state index in [-0.39, 0.29) is 6.61 Å². The lowest BCUT2D eigenvalue weighted by Crippen LogP contribution is -1.92. The topological polar surface area (TPSA) is 37.5 Å². The number of nitrogens with zero attached hydrogens (tertiary/aromatic N) is 2. The Morgan fingerprint density at radius 2 is 2.31 bits per heavy atom. The molecular formula is C9H9ClN2O. The molecule has 13 heavy (non-hydrogen) atoms. The van der Waals surface area contributed by atoms with Crippen molar-refractivity contribution in [1.82, 2.24) is 9.61 Å². The maximum atomic E-state index is 9.04. The van der Waals surface area contributed by atoms with Crippen molar-refractivity contribution in [2.45, 2.75) is 13.5 Å². The number of hydrogen-bond acceptors (Lipinski definition) is 2. The quantitative estimate of drug-likeness (QED) is 0.707. The van der Waals surface area contributed by atoms with Gasteiger partial charge in [0.1, 0.15) is 5.15 Å². The minimum Gasteiger partial charge on any atom is -0.392 e. The highest BCUT2D eigenvalue weighted by Gasteiger charge is 2.07. The van der Waals surface area contributed by atoms with Crippen molar-refractivity contribution in [3.05, 3.63) is 34.6 Å². The van der Waals surface area contributed by atoms with Crippen LogP contribution in [-0.4, -0.2) is 14.7 Å². The van der Waals surface area contributed by atoms with E-state index in [1.54, 1.807) is 16.8 Å². The second kappa shape index (κ2) is 3.01. The average Bonchev–Trinajstić information content (AvgIpc) is 2.56. The molecule has 0 radical (unpaired) electrons. The van der Waals surface area contributed by atoms with E-state index in [1.165, 1.54) is 0 Å². The van der Waals surface area contributed by atoms with Crippen LogP contribution in [0.15, 0.2) is 18.3 Å². The Bertz CT molecular complexity index is 450. The van der Waals surface area contributed by atoms with Gasteiger partial charge < -0.3 is 5.11 Å². The first-order valence-corrected chi connectivity index (χ1v) is 4.34. The average molecular weight is 197 g/mol. The van der Waals surface area contributed by atoms with Crippen LogP contribution in [0, 0.1) is 6.92 Å². The van der Waals surface area contributed by atoms with E-state index in [2.05, 4.69) is 5.10 Å². The molecule has 2 heterocycles. The molecule has 2 aromatic rings. The zero-order valence-corrected chi connectivity index (χ0v) is 7.91.